The number of nitrogens with zero attached hydrogens (tertiary/aromatic N) is 2. The van der Waals surface area contributed by atoms with E-state index in [1.54, 1.807) is 6.92 Å². The molecule has 0 fully saturated rings. The van der Waals surface area contributed by atoms with Crippen LogP contribution in [0.5, 0.6) is 0 Å². The molecule has 0 radical (unpaired) electrons. The Hall–Kier alpha value is -1.96. The average molecular weight is 300 g/mol. The maximum Gasteiger partial charge on any atom is 0.326 e. The molecule has 7 nitrogen and oxygen atoms in total. The Kier molecular flexibility index (Phi) is 2.58. The minimum atomic E-state index is -0.914. The highest BCUT2D eigenvalue weighted by atomic mass is 79.9. The molecule has 0 atom stereocenters. The van der Waals surface area contributed by atoms with E-state index in [0.29, 0.717) is 5.56 Å². The first-order valence-corrected chi connectivity index (χ1v) is 5.23. The zero-order valence-corrected chi connectivity index (χ0v) is 10.1. The fourth-order valence-corrected chi connectivity index (χ4v) is 2.03. The number of aryl methyl sites for hydroxylation is 1. The van der Waals surface area contributed by atoms with Gasteiger partial charge in [-0.1, -0.05) is 6.07 Å². The predicted octanol–water partition coefficient (Wildman–Crippen LogP) is 1.06. The molecule has 1 heterocycles. The van der Waals surface area contributed by atoms with E-state index in [4.69, 9.17) is 0 Å². The molecule has 0 saturated carbocycles. The summed E-state index contributed by atoms with van der Waals surface area (Å²) >= 11 is 2.90. The number of hydrogen-bond donors (Lipinski definition) is 1. The first-order valence-electron chi connectivity index (χ1n) is 4.52. The minimum Gasteiger partial charge on any atom is -0.310 e. The third-order valence-electron chi connectivity index (χ3n) is 2.36. The lowest BCUT2D eigenvalue weighted by Gasteiger charge is -2.04. The van der Waals surface area contributed by atoms with E-state index < -0.39 is 16.0 Å². The highest BCUT2D eigenvalue weighted by Gasteiger charge is 2.19. The highest BCUT2D eigenvalue weighted by Crippen LogP contribution is 2.26. The summed E-state index contributed by atoms with van der Waals surface area (Å²) in [5.74, 6) is 0. The maximum absolute atomic E-state index is 11.4. The van der Waals surface area contributed by atoms with Crippen molar-refractivity contribution in [3.63, 3.8) is 0 Å². The first kappa shape index (κ1) is 11.5. The summed E-state index contributed by atoms with van der Waals surface area (Å²) < 4.78 is 0.910. The van der Waals surface area contributed by atoms with Gasteiger partial charge in [0.15, 0.2) is 0 Å². The van der Waals surface area contributed by atoms with E-state index in [0.717, 1.165) is 3.59 Å². The summed E-state index contributed by atoms with van der Waals surface area (Å²) in [6.45, 7) is 1.56. The van der Waals surface area contributed by atoms with Crippen molar-refractivity contribution in [1.29, 1.82) is 0 Å². The largest absolute Gasteiger partial charge is 0.326 e. The van der Waals surface area contributed by atoms with Crippen LogP contribution in [0.4, 0.5) is 5.69 Å². The van der Waals surface area contributed by atoms with Crippen molar-refractivity contribution >= 4 is 32.9 Å². The number of H-pyrrole nitrogens is 1. The molecule has 1 aromatic heterocycles. The minimum absolute atomic E-state index is 0.0245. The number of aromatic amines is 1. The van der Waals surface area contributed by atoms with Crippen LogP contribution in [-0.2, 0) is 0 Å². The Morgan fingerprint density at radius 3 is 2.65 bits per heavy atom. The van der Waals surface area contributed by atoms with Gasteiger partial charge in [-0.3, -0.25) is 19.7 Å². The molecule has 0 amide bonds. The number of nitro groups is 1. The van der Waals surface area contributed by atoms with Crippen LogP contribution in [-0.4, -0.2) is 13.5 Å². The summed E-state index contributed by atoms with van der Waals surface area (Å²) in [4.78, 5) is 35.2. The zero-order valence-electron chi connectivity index (χ0n) is 8.56. The summed E-state index contributed by atoms with van der Waals surface area (Å²) in [6.07, 6.45) is 0. The van der Waals surface area contributed by atoms with Crippen molar-refractivity contribution in [2.24, 2.45) is 0 Å². The Balaban J connectivity index is 3.12. The molecule has 0 aliphatic heterocycles. The topological polar surface area (TPSA) is 98.0 Å². The lowest BCUT2D eigenvalue weighted by molar-refractivity contribution is -0.383. The summed E-state index contributed by atoms with van der Waals surface area (Å²) in [5.41, 5.74) is -1.28. The van der Waals surface area contributed by atoms with Gasteiger partial charge in [0, 0.05) is 5.56 Å². The van der Waals surface area contributed by atoms with Crippen LogP contribution >= 0.6 is 16.1 Å². The molecule has 0 unspecified atom stereocenters. The van der Waals surface area contributed by atoms with Crippen molar-refractivity contribution < 1.29 is 4.92 Å². The summed E-state index contributed by atoms with van der Waals surface area (Å²) in [5, 5.41) is 10.9. The Morgan fingerprint density at radius 1 is 1.41 bits per heavy atom. The number of aromatic nitrogens is 2. The average Bonchev–Trinajstić information content (AvgIpc) is 2.25. The number of fused-ring (bicyclic) bond motifs is 1. The molecule has 1 N–H and O–H groups in total. The number of rotatable bonds is 1. The molecule has 0 spiro atoms. The summed E-state index contributed by atoms with van der Waals surface area (Å²) in [7, 11) is 0. The van der Waals surface area contributed by atoms with E-state index in [1.165, 1.54) is 12.1 Å². The van der Waals surface area contributed by atoms with Crippen LogP contribution in [0.15, 0.2) is 21.7 Å². The number of nitrogens with one attached hydrogen (secondary N) is 1. The van der Waals surface area contributed by atoms with E-state index in [-0.39, 0.29) is 16.7 Å². The fraction of sp³-hybridized carbons (Fsp3) is 0.111. The van der Waals surface area contributed by atoms with E-state index in [2.05, 4.69) is 21.1 Å². The predicted molar refractivity (Wildman–Crippen MR) is 64.5 cm³/mol. The Morgan fingerprint density at radius 2 is 2.06 bits per heavy atom. The van der Waals surface area contributed by atoms with Gasteiger partial charge in [-0.05, 0) is 13.0 Å². The SMILES string of the molecule is Cc1ccc2c([nH]c(=O)c(=O)n2Br)c1[N+](=O)[O-]. The van der Waals surface area contributed by atoms with E-state index in [1.807, 2.05) is 0 Å². The van der Waals surface area contributed by atoms with Gasteiger partial charge in [0.1, 0.15) is 5.52 Å². The van der Waals surface area contributed by atoms with Gasteiger partial charge in [0.2, 0.25) is 0 Å². The van der Waals surface area contributed by atoms with Crippen molar-refractivity contribution in [2.45, 2.75) is 6.92 Å². The summed E-state index contributed by atoms with van der Waals surface area (Å²) in [6, 6.07) is 3.03. The maximum atomic E-state index is 11.4. The second-order valence-electron chi connectivity index (χ2n) is 3.42. The molecule has 0 bridgehead atoms. The molecule has 2 aromatic rings. The molecule has 0 saturated heterocycles. The Labute approximate surface area is 102 Å². The molecule has 0 aliphatic rings. The molecule has 8 heteroatoms. The molecule has 1 aromatic carbocycles. The van der Waals surface area contributed by atoms with Crippen LogP contribution in [0.25, 0.3) is 11.0 Å². The monoisotopic (exact) mass is 299 g/mol. The van der Waals surface area contributed by atoms with Crippen molar-refractivity contribution in [1.82, 2.24) is 8.58 Å². The van der Waals surface area contributed by atoms with Gasteiger partial charge in [-0.15, -0.1) is 0 Å². The van der Waals surface area contributed by atoms with Crippen molar-refractivity contribution in [2.75, 3.05) is 0 Å². The van der Waals surface area contributed by atoms with Crippen molar-refractivity contribution in [3.8, 4) is 0 Å². The Bertz CT molecular complexity index is 746. The van der Waals surface area contributed by atoms with Crippen LogP contribution in [0.3, 0.4) is 0 Å². The fourth-order valence-electron chi connectivity index (χ4n) is 1.57. The molecular weight excluding hydrogens is 294 g/mol. The number of benzene rings is 1. The van der Waals surface area contributed by atoms with Gasteiger partial charge in [0.05, 0.1) is 26.6 Å². The van der Waals surface area contributed by atoms with Crippen LogP contribution < -0.4 is 11.1 Å². The van der Waals surface area contributed by atoms with Crippen LogP contribution in [0, 0.1) is 17.0 Å². The van der Waals surface area contributed by atoms with E-state index >= 15 is 0 Å². The third kappa shape index (κ3) is 1.66. The van der Waals surface area contributed by atoms with Gasteiger partial charge in [0.25, 0.3) is 5.69 Å². The molecule has 2 rings (SSSR count). The second-order valence-corrected chi connectivity index (χ2v) is 4.13. The van der Waals surface area contributed by atoms with E-state index in [9.17, 15) is 19.7 Å². The molecular formula is C9H6BrN3O4. The number of halogens is 1. The number of hydrogen-bond acceptors (Lipinski definition) is 4. The lowest BCUT2D eigenvalue weighted by Crippen LogP contribution is -2.32. The molecule has 0 aliphatic carbocycles. The van der Waals surface area contributed by atoms with Crippen LogP contribution in [0.2, 0.25) is 0 Å². The van der Waals surface area contributed by atoms with Gasteiger partial charge in [-0.25, -0.2) is 3.59 Å². The second kappa shape index (κ2) is 3.81. The van der Waals surface area contributed by atoms with Crippen LogP contribution in [0.1, 0.15) is 5.56 Å². The van der Waals surface area contributed by atoms with Gasteiger partial charge < -0.3 is 4.98 Å². The quantitative estimate of drug-likeness (QED) is 0.483. The third-order valence-corrected chi connectivity index (χ3v) is 3.07. The van der Waals surface area contributed by atoms with Gasteiger partial charge in [-0.2, -0.15) is 0 Å². The zero-order chi connectivity index (χ0) is 12.7. The molecule has 88 valence electrons. The lowest BCUT2D eigenvalue weighted by atomic mass is 10.1. The van der Waals surface area contributed by atoms with Gasteiger partial charge >= 0.3 is 11.1 Å². The standard InChI is InChI=1S/C9H6BrN3O4/c1-4-2-3-5-6(7(4)13(16)17)11-8(14)9(15)12(5)10/h2-3H,1H3,(H,11,14). The first-order chi connectivity index (χ1) is 7.93. The number of nitro benzene ring substituents is 1. The van der Waals surface area contributed by atoms with Crippen molar-refractivity contribution in [3.05, 3.63) is 48.5 Å². The normalized spacial score (nSPS) is 10.7. The highest BCUT2D eigenvalue weighted by molar-refractivity contribution is 9.08. The smallest absolute Gasteiger partial charge is 0.310 e. The molecule has 17 heavy (non-hydrogen) atoms.